The van der Waals surface area contributed by atoms with Crippen molar-refractivity contribution in [1.29, 1.82) is 5.41 Å². The van der Waals surface area contributed by atoms with Gasteiger partial charge in [-0.2, -0.15) is 0 Å². The molecule has 17 nitrogen and oxygen atoms in total. The number of rotatable bonds is 11. The summed E-state index contributed by atoms with van der Waals surface area (Å²) >= 11 is 1.49. The van der Waals surface area contributed by atoms with E-state index in [0.717, 1.165) is 9.75 Å². The SMILES string of the molecule is CC[C@H]1OC(=O)[C@H](C)[C@@H](OC(=O)Cc2ccccn2)[C@H](C)[C@@H](O[C@@H]2O[C@H](C)C[C@H](N(C)C)[C@H]2O)[C@@]2(C)C[C@@H](C)C(=NC(C)=O)C(OCc3ccc(-c4cccc(N)n4)s3)[C@H](C)[C@@H](CCC(=N)CO2)[C@]1(C)O. The molecule has 4 aliphatic rings. The maximum absolute atomic E-state index is 14.8. The lowest BCUT2D eigenvalue weighted by molar-refractivity contribution is -0.302. The van der Waals surface area contributed by atoms with E-state index in [1.165, 1.54) is 18.3 Å². The first kappa shape index (κ1) is 55.8. The van der Waals surface area contributed by atoms with Crippen LogP contribution >= 0.6 is 11.3 Å². The lowest BCUT2D eigenvalue weighted by atomic mass is 9.69. The first-order valence-electron chi connectivity index (χ1n) is 24.9. The molecule has 4 fully saturated rings. The maximum atomic E-state index is 14.8. The van der Waals surface area contributed by atoms with Crippen molar-refractivity contribution >= 4 is 46.4 Å². The number of carbonyl (C=O) groups is 3. The van der Waals surface area contributed by atoms with E-state index in [9.17, 15) is 30.0 Å². The van der Waals surface area contributed by atoms with Crippen molar-refractivity contribution in [2.45, 2.75) is 168 Å². The van der Waals surface area contributed by atoms with Crippen molar-refractivity contribution in [3.05, 3.63) is 65.3 Å². The highest BCUT2D eigenvalue weighted by atomic mass is 32.1. The highest BCUT2D eigenvalue weighted by molar-refractivity contribution is 7.15. The second kappa shape index (κ2) is 24.0. The molecule has 4 aliphatic heterocycles. The molecule has 0 spiro atoms. The van der Waals surface area contributed by atoms with Crippen LogP contribution in [0.3, 0.4) is 0 Å². The Hall–Kier alpha value is -4.53. The van der Waals surface area contributed by atoms with Crippen LogP contribution in [0.25, 0.3) is 10.6 Å². The third-order valence-corrected chi connectivity index (χ3v) is 15.8. The Bertz CT molecular complexity index is 2330. The Labute approximate surface area is 422 Å². The zero-order valence-electron chi connectivity index (χ0n) is 43.2. The summed E-state index contributed by atoms with van der Waals surface area (Å²) in [5.74, 6) is -5.38. The molecule has 2 bridgehead atoms. The molecule has 71 heavy (non-hydrogen) atoms. The van der Waals surface area contributed by atoms with E-state index in [2.05, 4.69) is 9.97 Å². The Morgan fingerprint density at radius 1 is 1.06 bits per heavy atom. The number of nitrogens with two attached hydrogens (primary N) is 1. The average Bonchev–Trinajstić information content (AvgIpc) is 3.79. The number of esters is 2. The maximum Gasteiger partial charge on any atom is 0.312 e. The number of carbonyl (C=O) groups excluding carboxylic acids is 3. The summed E-state index contributed by atoms with van der Waals surface area (Å²) in [6.45, 7) is 15.8. The molecule has 0 aliphatic carbocycles. The molecule has 15 atom stereocenters. The fourth-order valence-corrected chi connectivity index (χ4v) is 11.9. The molecule has 3 aromatic heterocycles. The van der Waals surface area contributed by atoms with Gasteiger partial charge in [-0.05, 0) is 122 Å². The number of likely N-dealkylation sites (N-methyl/N-ethyl adjacent to an activating group) is 1. The number of anilines is 1. The minimum atomic E-state index is -1.73. The fraction of sp³-hybridized carbons (Fsp3) is 0.642. The smallest absolute Gasteiger partial charge is 0.312 e. The molecule has 0 aromatic carbocycles. The quantitative estimate of drug-likeness (QED) is 0.144. The zero-order chi connectivity index (χ0) is 51.9. The van der Waals surface area contributed by atoms with Crippen LogP contribution in [0.1, 0.15) is 105 Å². The summed E-state index contributed by atoms with van der Waals surface area (Å²) in [6, 6.07) is 14.2. The summed E-state index contributed by atoms with van der Waals surface area (Å²) in [7, 11) is 3.75. The number of nitrogens with one attached hydrogen (secondary N) is 1. The van der Waals surface area contributed by atoms with Gasteiger partial charge in [0.15, 0.2) is 6.29 Å². The lowest BCUT2D eigenvalue weighted by Crippen LogP contribution is -2.60. The summed E-state index contributed by atoms with van der Waals surface area (Å²) in [5, 5.41) is 34.4. The predicted molar refractivity (Wildman–Crippen MR) is 271 cm³/mol. The van der Waals surface area contributed by atoms with Crippen LogP contribution < -0.4 is 5.73 Å². The topological polar surface area (TPSA) is 238 Å². The van der Waals surface area contributed by atoms with Crippen molar-refractivity contribution in [3.8, 4) is 10.6 Å². The number of aliphatic hydroxyl groups is 2. The van der Waals surface area contributed by atoms with Gasteiger partial charge >= 0.3 is 11.9 Å². The van der Waals surface area contributed by atoms with Crippen LogP contribution in [-0.2, 0) is 55.8 Å². The van der Waals surface area contributed by atoms with Crippen molar-refractivity contribution in [2.75, 3.05) is 26.4 Å². The number of hydrogen-bond acceptors (Lipinski definition) is 17. The summed E-state index contributed by atoms with van der Waals surface area (Å²) < 4.78 is 40.3. The molecule has 1 unspecified atom stereocenters. The minimum Gasteiger partial charge on any atom is -0.461 e. The van der Waals surface area contributed by atoms with Crippen molar-refractivity contribution in [3.63, 3.8) is 0 Å². The third kappa shape index (κ3) is 13.6. The number of aliphatic hydroxyl groups excluding tert-OH is 1. The van der Waals surface area contributed by atoms with E-state index >= 15 is 0 Å². The molecule has 5 N–H and O–H groups in total. The van der Waals surface area contributed by atoms with Gasteiger partial charge < -0.3 is 54.7 Å². The Kier molecular flexibility index (Phi) is 18.9. The summed E-state index contributed by atoms with van der Waals surface area (Å²) in [5.41, 5.74) is 4.67. The van der Waals surface area contributed by atoms with Gasteiger partial charge in [-0.3, -0.25) is 19.4 Å². The standard InChI is InChI=1S/C53H76N6O11S/c1-12-42-53(9,64)38-21-19-35(54)27-66-52(8,26-29(2)45(57-34(7)60)48(31(38)4)65-28-37-20-22-41(71-37)39-17-15-18-43(55)58-39)49(70-51-46(62)40(59(10)11)24-30(3)67-51)32(5)47(33(6)50(63)68-42)69-44(61)25-36-16-13-14-23-56-36/h13-18,20,22-23,29-33,38,40,42,46-49,51,54,62,64H,12,19,21,24-28H2,1-11H3,(H2,55,58)/t29-,30-,31-,32+,33-,38-,40+,42-,46-,47+,48?,49-,51+,52-,53+/m1/s1. The summed E-state index contributed by atoms with van der Waals surface area (Å²) in [4.78, 5) is 59.6. The molecule has 4 saturated heterocycles. The number of nitrogens with zero attached hydrogens (tertiary/aromatic N) is 4. The number of nitrogen functional groups attached to an aromatic ring is 1. The first-order valence-corrected chi connectivity index (χ1v) is 25.7. The number of thiophene rings is 1. The molecule has 0 saturated carbocycles. The van der Waals surface area contributed by atoms with Gasteiger partial charge in [0.05, 0.1) is 71.4 Å². The first-order chi connectivity index (χ1) is 33.5. The van der Waals surface area contributed by atoms with Gasteiger partial charge in [-0.15, -0.1) is 11.3 Å². The van der Waals surface area contributed by atoms with Gasteiger partial charge in [0.2, 0.25) is 5.91 Å². The lowest BCUT2D eigenvalue weighted by Gasteiger charge is -2.48. The molecule has 7 heterocycles. The van der Waals surface area contributed by atoms with E-state index < -0.39 is 95.4 Å². The van der Waals surface area contributed by atoms with Crippen LogP contribution in [0.5, 0.6) is 0 Å². The average molecular weight is 1010 g/mol. The van der Waals surface area contributed by atoms with Gasteiger partial charge in [0, 0.05) is 41.6 Å². The number of amides is 1. The number of ether oxygens (including phenoxy) is 6. The highest BCUT2D eigenvalue weighted by Gasteiger charge is 2.54. The monoisotopic (exact) mass is 1000 g/mol. The molecule has 3 aromatic rings. The normalized spacial score (nSPS) is 35.2. The Balaban J connectivity index is 1.54. The minimum absolute atomic E-state index is 0.0970. The predicted octanol–water partition coefficient (Wildman–Crippen LogP) is 6.85. The molecule has 390 valence electrons. The van der Waals surface area contributed by atoms with Gasteiger partial charge in [0.25, 0.3) is 0 Å². The van der Waals surface area contributed by atoms with Gasteiger partial charge in [0.1, 0.15) is 29.7 Å². The van der Waals surface area contributed by atoms with E-state index in [1.807, 2.05) is 77.9 Å². The van der Waals surface area contributed by atoms with Crippen LogP contribution in [-0.4, -0.2) is 135 Å². The Morgan fingerprint density at radius 2 is 1.80 bits per heavy atom. The van der Waals surface area contributed by atoms with Crippen LogP contribution in [0.4, 0.5) is 5.82 Å². The highest BCUT2D eigenvalue weighted by Crippen LogP contribution is 2.44. The van der Waals surface area contributed by atoms with E-state index in [4.69, 9.17) is 39.1 Å². The number of pyridine rings is 2. The largest absolute Gasteiger partial charge is 0.461 e. The van der Waals surface area contributed by atoms with Gasteiger partial charge in [-0.1, -0.05) is 39.8 Å². The van der Waals surface area contributed by atoms with Crippen molar-refractivity contribution in [2.24, 2.45) is 34.6 Å². The number of hydrogen-bond donors (Lipinski definition) is 4. The fourth-order valence-electron chi connectivity index (χ4n) is 11.0. The Morgan fingerprint density at radius 3 is 2.46 bits per heavy atom. The second-order valence-corrected chi connectivity index (χ2v) is 21.8. The van der Waals surface area contributed by atoms with Crippen molar-refractivity contribution in [1.82, 2.24) is 14.9 Å². The van der Waals surface area contributed by atoms with Crippen LogP contribution in [0.2, 0.25) is 0 Å². The van der Waals surface area contributed by atoms with E-state index in [1.54, 1.807) is 51.2 Å². The van der Waals surface area contributed by atoms with E-state index in [0.29, 0.717) is 29.3 Å². The molecule has 1 amide bonds. The second-order valence-electron chi connectivity index (χ2n) is 20.6. The van der Waals surface area contributed by atoms with Crippen LogP contribution in [0, 0.1) is 35.0 Å². The molecule has 0 radical (unpaired) electrons. The molecule has 18 heteroatoms. The molecule has 7 rings (SSSR count). The zero-order valence-corrected chi connectivity index (χ0v) is 44.0. The van der Waals surface area contributed by atoms with Gasteiger partial charge in [-0.25, -0.2) is 9.98 Å². The summed E-state index contributed by atoms with van der Waals surface area (Å²) in [6.07, 6.45) is -4.44. The third-order valence-electron chi connectivity index (χ3n) is 14.7. The van der Waals surface area contributed by atoms with Crippen molar-refractivity contribution < 1.29 is 53.0 Å². The molecular formula is C53H76N6O11S. The number of aliphatic imine (C=N–C) groups is 1. The van der Waals surface area contributed by atoms with E-state index in [-0.39, 0.29) is 63.2 Å². The van der Waals surface area contributed by atoms with Crippen LogP contribution in [0.15, 0.2) is 59.7 Å². The molecular weight excluding hydrogens is 929 g/mol. The number of aromatic nitrogens is 2. The number of fused-ring (bicyclic) bond motifs is 15.